The number of aryl methyl sites for hydroxylation is 1. The highest BCUT2D eigenvalue weighted by atomic mass is 16.5. The van der Waals surface area contributed by atoms with Crippen molar-refractivity contribution in [2.45, 2.75) is 45.1 Å². The molecule has 0 radical (unpaired) electrons. The first-order chi connectivity index (χ1) is 14.1. The van der Waals surface area contributed by atoms with E-state index in [2.05, 4.69) is 0 Å². The maximum absolute atomic E-state index is 12.3. The van der Waals surface area contributed by atoms with Gasteiger partial charge in [-0.2, -0.15) is 0 Å². The van der Waals surface area contributed by atoms with E-state index in [4.69, 9.17) is 15.2 Å². The van der Waals surface area contributed by atoms with Crippen molar-refractivity contribution >= 4 is 11.9 Å². The number of rotatable bonds is 8. The molecule has 154 valence electrons. The van der Waals surface area contributed by atoms with Gasteiger partial charge in [-0.3, -0.25) is 9.59 Å². The predicted octanol–water partition coefficient (Wildman–Crippen LogP) is 4.03. The predicted molar refractivity (Wildman–Crippen MR) is 111 cm³/mol. The summed E-state index contributed by atoms with van der Waals surface area (Å²) in [4.78, 5) is 24.3. The Morgan fingerprint density at radius 2 is 1.59 bits per heavy atom. The maximum atomic E-state index is 12.3. The van der Waals surface area contributed by atoms with Crippen LogP contribution in [0.15, 0.2) is 54.6 Å². The largest absolute Gasteiger partial charge is 0.461 e. The Kier molecular flexibility index (Phi) is 7.82. The molecule has 0 atom stereocenters. The lowest BCUT2D eigenvalue weighted by molar-refractivity contribution is -0.145. The fourth-order valence-electron chi connectivity index (χ4n) is 3.61. The first-order valence-corrected chi connectivity index (χ1v) is 10.3. The minimum absolute atomic E-state index is 0.0307. The van der Waals surface area contributed by atoms with Crippen LogP contribution in [0.3, 0.4) is 0 Å². The van der Waals surface area contributed by atoms with Crippen LogP contribution >= 0.6 is 0 Å². The number of nitrogens with two attached hydrogens (primary N) is 1. The van der Waals surface area contributed by atoms with Gasteiger partial charge in [-0.15, -0.1) is 0 Å². The van der Waals surface area contributed by atoms with Gasteiger partial charge in [0.15, 0.2) is 0 Å². The van der Waals surface area contributed by atoms with E-state index < -0.39 is 0 Å². The Morgan fingerprint density at radius 3 is 2.24 bits per heavy atom. The van der Waals surface area contributed by atoms with Crippen LogP contribution in [-0.2, 0) is 27.4 Å². The van der Waals surface area contributed by atoms with E-state index in [-0.39, 0.29) is 17.9 Å². The molecule has 3 rings (SSSR count). The molecule has 0 unspecified atom stereocenters. The van der Waals surface area contributed by atoms with Crippen LogP contribution in [0.1, 0.15) is 43.2 Å². The third kappa shape index (κ3) is 6.71. The van der Waals surface area contributed by atoms with Gasteiger partial charge in [0.2, 0.25) is 0 Å². The molecule has 2 aromatic carbocycles. The van der Waals surface area contributed by atoms with Crippen molar-refractivity contribution in [1.82, 2.24) is 0 Å². The molecule has 2 aromatic rings. The van der Waals surface area contributed by atoms with Gasteiger partial charge in [0.05, 0.1) is 5.92 Å². The average Bonchev–Trinajstić information content (AvgIpc) is 2.78. The van der Waals surface area contributed by atoms with Gasteiger partial charge in [0, 0.05) is 6.42 Å². The molecule has 0 heterocycles. The molecule has 1 aliphatic carbocycles. The van der Waals surface area contributed by atoms with Crippen molar-refractivity contribution in [1.29, 1.82) is 0 Å². The SMILES string of the molecule is NCC1CCC(C(=O)Oc2ccc(CCC(=O)OCc3ccccc3)cc2)CC1. The summed E-state index contributed by atoms with van der Waals surface area (Å²) in [5.74, 6) is 0.677. The first kappa shape index (κ1) is 21.1. The molecule has 1 fully saturated rings. The van der Waals surface area contributed by atoms with Crippen LogP contribution < -0.4 is 10.5 Å². The molecule has 29 heavy (non-hydrogen) atoms. The molecule has 1 saturated carbocycles. The number of esters is 2. The lowest BCUT2D eigenvalue weighted by Crippen LogP contribution is -2.28. The molecule has 0 saturated heterocycles. The number of hydrogen-bond acceptors (Lipinski definition) is 5. The third-order valence-electron chi connectivity index (χ3n) is 5.52. The average molecular weight is 395 g/mol. The van der Waals surface area contributed by atoms with Crippen molar-refractivity contribution < 1.29 is 19.1 Å². The second-order valence-corrected chi connectivity index (χ2v) is 7.66. The highest BCUT2D eigenvalue weighted by Gasteiger charge is 2.27. The summed E-state index contributed by atoms with van der Waals surface area (Å²) < 4.78 is 10.8. The molecular formula is C24H29NO4. The van der Waals surface area contributed by atoms with Crippen LogP contribution in [0.5, 0.6) is 5.75 Å². The van der Waals surface area contributed by atoms with Crippen LogP contribution in [-0.4, -0.2) is 18.5 Å². The number of carbonyl (C=O) groups excluding carboxylic acids is 2. The van der Waals surface area contributed by atoms with Crippen molar-refractivity contribution in [3.05, 3.63) is 65.7 Å². The fourth-order valence-corrected chi connectivity index (χ4v) is 3.61. The standard InChI is InChI=1S/C24H29NO4/c25-16-19-6-11-21(12-7-19)24(27)29-22-13-8-18(9-14-22)10-15-23(26)28-17-20-4-2-1-3-5-20/h1-5,8-9,13-14,19,21H,6-7,10-12,15-17,25H2. The highest BCUT2D eigenvalue weighted by molar-refractivity contribution is 5.75. The Labute approximate surface area is 172 Å². The van der Waals surface area contributed by atoms with Gasteiger partial charge in [-0.05, 0) is 67.8 Å². The Bertz CT molecular complexity index is 780. The van der Waals surface area contributed by atoms with Crippen LogP contribution in [0, 0.1) is 11.8 Å². The summed E-state index contributed by atoms with van der Waals surface area (Å²) >= 11 is 0. The summed E-state index contributed by atoms with van der Waals surface area (Å²) in [6, 6.07) is 17.0. The lowest BCUT2D eigenvalue weighted by Gasteiger charge is -2.26. The summed E-state index contributed by atoms with van der Waals surface area (Å²) in [6.45, 7) is 0.991. The van der Waals surface area contributed by atoms with E-state index in [1.165, 1.54) is 0 Å². The summed E-state index contributed by atoms with van der Waals surface area (Å²) in [7, 11) is 0. The second-order valence-electron chi connectivity index (χ2n) is 7.66. The molecular weight excluding hydrogens is 366 g/mol. The van der Waals surface area contributed by atoms with Gasteiger partial charge < -0.3 is 15.2 Å². The van der Waals surface area contributed by atoms with Crippen LogP contribution in [0.2, 0.25) is 0 Å². The van der Waals surface area contributed by atoms with Crippen LogP contribution in [0.25, 0.3) is 0 Å². The van der Waals surface area contributed by atoms with E-state index >= 15 is 0 Å². The van der Waals surface area contributed by atoms with Gasteiger partial charge in [0.1, 0.15) is 12.4 Å². The van der Waals surface area contributed by atoms with Gasteiger partial charge in [-0.25, -0.2) is 0 Å². The normalized spacial score (nSPS) is 18.8. The summed E-state index contributed by atoms with van der Waals surface area (Å²) in [6.07, 6.45) is 4.60. The zero-order chi connectivity index (χ0) is 20.5. The fraction of sp³-hybridized carbons (Fsp3) is 0.417. The quantitative estimate of drug-likeness (QED) is 0.539. The monoisotopic (exact) mass is 395 g/mol. The Balaban J connectivity index is 1.39. The maximum Gasteiger partial charge on any atom is 0.314 e. The zero-order valence-corrected chi connectivity index (χ0v) is 16.7. The van der Waals surface area contributed by atoms with Gasteiger partial charge >= 0.3 is 11.9 Å². The summed E-state index contributed by atoms with van der Waals surface area (Å²) in [5, 5.41) is 0. The molecule has 0 amide bonds. The Morgan fingerprint density at radius 1 is 0.897 bits per heavy atom. The molecule has 0 spiro atoms. The number of benzene rings is 2. The van der Waals surface area contributed by atoms with Gasteiger partial charge in [-0.1, -0.05) is 42.5 Å². The topological polar surface area (TPSA) is 78.6 Å². The summed E-state index contributed by atoms with van der Waals surface area (Å²) in [5.41, 5.74) is 7.68. The first-order valence-electron chi connectivity index (χ1n) is 10.3. The molecule has 0 bridgehead atoms. The molecule has 0 aromatic heterocycles. The molecule has 5 heteroatoms. The van der Waals surface area contributed by atoms with E-state index in [0.29, 0.717) is 37.7 Å². The van der Waals surface area contributed by atoms with Gasteiger partial charge in [0.25, 0.3) is 0 Å². The molecule has 5 nitrogen and oxygen atoms in total. The molecule has 0 aliphatic heterocycles. The van der Waals surface area contributed by atoms with Crippen molar-refractivity contribution in [2.75, 3.05) is 6.54 Å². The highest BCUT2D eigenvalue weighted by Crippen LogP contribution is 2.29. The zero-order valence-electron chi connectivity index (χ0n) is 16.7. The Hall–Kier alpha value is -2.66. The van der Waals surface area contributed by atoms with E-state index in [1.54, 1.807) is 12.1 Å². The minimum atomic E-state index is -0.225. The van der Waals surface area contributed by atoms with E-state index in [1.807, 2.05) is 42.5 Å². The molecule has 2 N–H and O–H groups in total. The van der Waals surface area contributed by atoms with Crippen LogP contribution in [0.4, 0.5) is 0 Å². The second kappa shape index (κ2) is 10.8. The molecule has 1 aliphatic rings. The smallest absolute Gasteiger partial charge is 0.314 e. The van der Waals surface area contributed by atoms with E-state index in [0.717, 1.165) is 36.8 Å². The lowest BCUT2D eigenvalue weighted by atomic mass is 9.82. The van der Waals surface area contributed by atoms with E-state index in [9.17, 15) is 9.59 Å². The van der Waals surface area contributed by atoms with Crippen molar-refractivity contribution in [3.63, 3.8) is 0 Å². The van der Waals surface area contributed by atoms with Crippen molar-refractivity contribution in [2.24, 2.45) is 17.6 Å². The third-order valence-corrected chi connectivity index (χ3v) is 5.52. The number of hydrogen-bond donors (Lipinski definition) is 1. The number of carbonyl (C=O) groups is 2. The van der Waals surface area contributed by atoms with Crippen molar-refractivity contribution in [3.8, 4) is 5.75 Å². The number of ether oxygens (including phenoxy) is 2. The minimum Gasteiger partial charge on any atom is -0.461 e.